The number of anilines is 2. The summed E-state index contributed by atoms with van der Waals surface area (Å²) in [5, 5.41) is 0. The Morgan fingerprint density at radius 3 is 2.53 bits per heavy atom. The molecule has 0 saturated heterocycles. The molecule has 0 radical (unpaired) electrons. The molecule has 0 bridgehead atoms. The van der Waals surface area contributed by atoms with E-state index in [0.717, 1.165) is 5.82 Å². The van der Waals surface area contributed by atoms with Gasteiger partial charge in [0.1, 0.15) is 11.6 Å². The largest absolute Gasteiger partial charge is 0.384 e. The molecule has 0 aromatic carbocycles. The Balaban J connectivity index is 2.04. The summed E-state index contributed by atoms with van der Waals surface area (Å²) in [7, 11) is 2.13. The zero-order chi connectivity index (χ0) is 12.5. The number of hydrogen-bond donors (Lipinski definition) is 1. The predicted molar refractivity (Wildman–Crippen MR) is 73.1 cm³/mol. The molecule has 1 aliphatic carbocycles. The van der Waals surface area contributed by atoms with Crippen LogP contribution in [0.4, 0.5) is 11.6 Å². The Hall–Kier alpha value is -1.25. The van der Waals surface area contributed by atoms with Crippen molar-refractivity contribution in [2.75, 3.05) is 17.7 Å². The molecule has 2 rings (SSSR count). The van der Waals surface area contributed by atoms with Gasteiger partial charge in [-0.25, -0.2) is 4.98 Å². The van der Waals surface area contributed by atoms with Crippen LogP contribution < -0.4 is 10.6 Å². The summed E-state index contributed by atoms with van der Waals surface area (Å²) in [5.41, 5.74) is 6.25. The van der Waals surface area contributed by atoms with E-state index in [4.69, 9.17) is 5.73 Å². The second-order valence-electron chi connectivity index (χ2n) is 5.93. The first kappa shape index (κ1) is 12.2. The molecule has 0 spiro atoms. The molecule has 0 amide bonds. The summed E-state index contributed by atoms with van der Waals surface area (Å²) in [6.45, 7) is 4.73. The van der Waals surface area contributed by atoms with Crippen LogP contribution in [0.5, 0.6) is 0 Å². The van der Waals surface area contributed by atoms with Crippen molar-refractivity contribution in [2.45, 2.75) is 45.6 Å². The van der Waals surface area contributed by atoms with Gasteiger partial charge in [0.15, 0.2) is 0 Å². The molecule has 94 valence electrons. The minimum absolute atomic E-state index is 0.514. The normalized spacial score (nSPS) is 20.2. The van der Waals surface area contributed by atoms with Gasteiger partial charge in [0.05, 0.1) is 0 Å². The van der Waals surface area contributed by atoms with Crippen LogP contribution in [-0.2, 0) is 0 Å². The van der Waals surface area contributed by atoms with Crippen LogP contribution in [0.25, 0.3) is 0 Å². The van der Waals surface area contributed by atoms with Gasteiger partial charge in [-0.2, -0.15) is 0 Å². The molecule has 17 heavy (non-hydrogen) atoms. The molecule has 2 N–H and O–H groups in total. The second kappa shape index (κ2) is 4.55. The molecule has 0 atom stereocenters. The third kappa shape index (κ3) is 2.90. The number of nitrogens with two attached hydrogens (primary N) is 1. The Morgan fingerprint density at radius 1 is 1.29 bits per heavy atom. The smallest absolute Gasteiger partial charge is 0.130 e. The molecule has 0 aliphatic heterocycles. The van der Waals surface area contributed by atoms with Crippen molar-refractivity contribution in [1.82, 2.24) is 4.98 Å². The van der Waals surface area contributed by atoms with E-state index in [0.29, 0.717) is 17.3 Å². The summed E-state index contributed by atoms with van der Waals surface area (Å²) >= 11 is 0. The summed E-state index contributed by atoms with van der Waals surface area (Å²) in [6, 6.07) is 6.45. The number of nitrogens with zero attached hydrogens (tertiary/aromatic N) is 2. The molecule has 3 nitrogen and oxygen atoms in total. The zero-order valence-corrected chi connectivity index (χ0v) is 11.1. The predicted octanol–water partition coefficient (Wildman–Crippen LogP) is 3.07. The van der Waals surface area contributed by atoms with Crippen LogP contribution in [-0.4, -0.2) is 18.1 Å². The van der Waals surface area contributed by atoms with Crippen LogP contribution >= 0.6 is 0 Å². The van der Waals surface area contributed by atoms with E-state index in [9.17, 15) is 0 Å². The van der Waals surface area contributed by atoms with Crippen molar-refractivity contribution < 1.29 is 0 Å². The number of rotatable bonds is 2. The van der Waals surface area contributed by atoms with E-state index in [1.807, 2.05) is 18.2 Å². The lowest BCUT2D eigenvalue weighted by atomic mass is 9.75. The van der Waals surface area contributed by atoms with Crippen LogP contribution in [0.15, 0.2) is 18.2 Å². The maximum absolute atomic E-state index is 5.73. The topological polar surface area (TPSA) is 42.1 Å². The lowest BCUT2D eigenvalue weighted by Gasteiger charge is -2.39. The van der Waals surface area contributed by atoms with Crippen LogP contribution in [0.2, 0.25) is 0 Å². The number of hydrogen-bond acceptors (Lipinski definition) is 3. The summed E-state index contributed by atoms with van der Waals surface area (Å²) in [6.07, 6.45) is 5.09. The highest BCUT2D eigenvalue weighted by Crippen LogP contribution is 2.37. The third-order valence-electron chi connectivity index (χ3n) is 3.97. The zero-order valence-electron chi connectivity index (χ0n) is 11.1. The highest BCUT2D eigenvalue weighted by molar-refractivity contribution is 5.45. The second-order valence-corrected chi connectivity index (χ2v) is 5.93. The van der Waals surface area contributed by atoms with E-state index < -0.39 is 0 Å². The molecular weight excluding hydrogens is 210 g/mol. The molecule has 1 heterocycles. The van der Waals surface area contributed by atoms with Gasteiger partial charge in [-0.05, 0) is 43.2 Å². The highest BCUT2D eigenvalue weighted by atomic mass is 15.2. The van der Waals surface area contributed by atoms with Gasteiger partial charge in [0.25, 0.3) is 0 Å². The van der Waals surface area contributed by atoms with Crippen molar-refractivity contribution in [1.29, 1.82) is 0 Å². The van der Waals surface area contributed by atoms with E-state index in [1.54, 1.807) is 0 Å². The van der Waals surface area contributed by atoms with Gasteiger partial charge >= 0.3 is 0 Å². The Kier molecular flexibility index (Phi) is 3.27. The van der Waals surface area contributed by atoms with Crippen molar-refractivity contribution in [3.63, 3.8) is 0 Å². The van der Waals surface area contributed by atoms with E-state index in [1.165, 1.54) is 25.7 Å². The van der Waals surface area contributed by atoms with Gasteiger partial charge < -0.3 is 10.6 Å². The average Bonchev–Trinajstić information content (AvgIpc) is 2.28. The third-order valence-corrected chi connectivity index (χ3v) is 3.97. The van der Waals surface area contributed by atoms with Crippen molar-refractivity contribution in [2.24, 2.45) is 5.41 Å². The standard InChI is InChI=1S/C14H23N3/c1-14(2)9-7-11(8-10-14)17(3)13-6-4-5-12(15)16-13/h4-6,11H,7-10H2,1-3H3,(H2,15,16). The quantitative estimate of drug-likeness (QED) is 0.853. The molecule has 1 saturated carbocycles. The molecule has 1 aromatic rings. The first-order valence-corrected chi connectivity index (χ1v) is 6.43. The van der Waals surface area contributed by atoms with Crippen molar-refractivity contribution >= 4 is 11.6 Å². The lowest BCUT2D eigenvalue weighted by molar-refractivity contribution is 0.222. The van der Waals surface area contributed by atoms with Gasteiger partial charge in [-0.3, -0.25) is 0 Å². The van der Waals surface area contributed by atoms with Crippen LogP contribution in [0.1, 0.15) is 39.5 Å². The average molecular weight is 233 g/mol. The van der Waals surface area contributed by atoms with Crippen molar-refractivity contribution in [3.8, 4) is 0 Å². The summed E-state index contributed by atoms with van der Waals surface area (Å²) in [4.78, 5) is 6.67. The van der Waals surface area contributed by atoms with Gasteiger partial charge in [0.2, 0.25) is 0 Å². The van der Waals surface area contributed by atoms with Crippen molar-refractivity contribution in [3.05, 3.63) is 18.2 Å². The Bertz CT molecular complexity index is 377. The lowest BCUT2D eigenvalue weighted by Crippen LogP contribution is -2.37. The molecule has 0 unspecified atom stereocenters. The Labute approximate surface area is 104 Å². The van der Waals surface area contributed by atoms with Gasteiger partial charge in [-0.15, -0.1) is 0 Å². The first-order valence-electron chi connectivity index (χ1n) is 6.43. The number of aromatic nitrogens is 1. The van der Waals surface area contributed by atoms with E-state index in [2.05, 4.69) is 30.8 Å². The fraction of sp³-hybridized carbons (Fsp3) is 0.643. The first-order chi connectivity index (χ1) is 7.98. The summed E-state index contributed by atoms with van der Waals surface area (Å²) in [5.74, 6) is 1.60. The number of pyridine rings is 1. The minimum Gasteiger partial charge on any atom is -0.384 e. The fourth-order valence-corrected chi connectivity index (χ4v) is 2.59. The fourth-order valence-electron chi connectivity index (χ4n) is 2.59. The monoisotopic (exact) mass is 233 g/mol. The maximum Gasteiger partial charge on any atom is 0.130 e. The summed E-state index contributed by atoms with van der Waals surface area (Å²) < 4.78 is 0. The molecule has 1 aromatic heterocycles. The SMILES string of the molecule is CN(c1cccc(N)n1)C1CCC(C)(C)CC1. The molecule has 1 fully saturated rings. The van der Waals surface area contributed by atoms with E-state index in [-0.39, 0.29) is 0 Å². The number of nitrogen functional groups attached to an aromatic ring is 1. The van der Waals surface area contributed by atoms with Gasteiger partial charge in [-0.1, -0.05) is 19.9 Å². The van der Waals surface area contributed by atoms with E-state index >= 15 is 0 Å². The van der Waals surface area contributed by atoms with Gasteiger partial charge in [0, 0.05) is 13.1 Å². The van der Waals surface area contributed by atoms with Crippen LogP contribution in [0.3, 0.4) is 0 Å². The molecule has 1 aliphatic rings. The van der Waals surface area contributed by atoms with Crippen LogP contribution in [0, 0.1) is 5.41 Å². The highest BCUT2D eigenvalue weighted by Gasteiger charge is 2.29. The minimum atomic E-state index is 0.514. The molecular formula is C14H23N3. The molecule has 3 heteroatoms. The maximum atomic E-state index is 5.73. The Morgan fingerprint density at radius 2 is 1.94 bits per heavy atom.